The highest BCUT2D eigenvalue weighted by molar-refractivity contribution is 14.0. The number of imidazole rings is 1. The Morgan fingerprint density at radius 2 is 1.85 bits per heavy atom. The summed E-state index contributed by atoms with van der Waals surface area (Å²) >= 11 is 0. The predicted molar refractivity (Wildman–Crippen MR) is 143 cm³/mol. The van der Waals surface area contributed by atoms with Gasteiger partial charge in [-0.1, -0.05) is 30.3 Å². The van der Waals surface area contributed by atoms with Gasteiger partial charge in [-0.3, -0.25) is 4.68 Å². The fourth-order valence-corrected chi connectivity index (χ4v) is 3.62. The topological polar surface area (TPSA) is 72.1 Å². The van der Waals surface area contributed by atoms with Gasteiger partial charge in [-0.05, 0) is 48.7 Å². The van der Waals surface area contributed by atoms with Gasteiger partial charge in [0.05, 0.1) is 18.8 Å². The highest BCUT2D eigenvalue weighted by atomic mass is 127. The molecule has 7 nitrogen and oxygen atoms in total. The molecule has 34 heavy (non-hydrogen) atoms. The van der Waals surface area contributed by atoms with E-state index in [-0.39, 0.29) is 29.8 Å². The summed E-state index contributed by atoms with van der Waals surface area (Å²) in [7, 11) is 0. The van der Waals surface area contributed by atoms with Crippen LogP contribution in [0.15, 0.2) is 78.3 Å². The molecule has 0 aliphatic heterocycles. The van der Waals surface area contributed by atoms with Crippen LogP contribution in [0.5, 0.6) is 0 Å². The number of aromatic nitrogens is 4. The average Bonchev–Trinajstić information content (AvgIpc) is 3.48. The van der Waals surface area contributed by atoms with Gasteiger partial charge in [0.25, 0.3) is 0 Å². The minimum Gasteiger partial charge on any atom is -0.357 e. The Kier molecular flexibility index (Phi) is 9.20. The quantitative estimate of drug-likeness (QED) is 0.186. The predicted octanol–water partition coefficient (Wildman–Crippen LogP) is 4.44. The Hall–Kier alpha value is -3.21. The number of guanidine groups is 1. The van der Waals surface area contributed by atoms with E-state index in [0.29, 0.717) is 31.3 Å². The number of hydrogen-bond acceptors (Lipinski definition) is 3. The summed E-state index contributed by atoms with van der Waals surface area (Å²) in [5.41, 5.74) is 3.64. The number of rotatable bonds is 8. The lowest BCUT2D eigenvalue weighted by Crippen LogP contribution is -2.37. The third kappa shape index (κ3) is 6.43. The van der Waals surface area contributed by atoms with Crippen molar-refractivity contribution in [2.45, 2.75) is 33.5 Å². The maximum absolute atomic E-state index is 14.7. The van der Waals surface area contributed by atoms with Gasteiger partial charge in [0.15, 0.2) is 5.96 Å². The first-order valence-electron chi connectivity index (χ1n) is 11.0. The number of aliphatic imine (C=N–C) groups is 1. The van der Waals surface area contributed by atoms with Crippen LogP contribution in [0.4, 0.5) is 4.39 Å². The summed E-state index contributed by atoms with van der Waals surface area (Å²) in [4.78, 5) is 8.81. The molecule has 2 aromatic carbocycles. The minimum absolute atomic E-state index is 0. The van der Waals surface area contributed by atoms with Crippen molar-refractivity contribution in [1.82, 2.24) is 30.0 Å². The molecule has 0 fully saturated rings. The van der Waals surface area contributed by atoms with Crippen molar-refractivity contribution in [2.24, 2.45) is 4.99 Å². The van der Waals surface area contributed by atoms with Gasteiger partial charge in [0, 0.05) is 37.9 Å². The van der Waals surface area contributed by atoms with E-state index in [1.165, 1.54) is 17.2 Å². The SMILES string of the molecule is CCNC(=NCc1ccc(-n2ccnc2C)c(F)c1)NCc1ccccc1Cn1cccn1.I. The molecule has 0 spiro atoms. The van der Waals surface area contributed by atoms with Gasteiger partial charge in [-0.25, -0.2) is 14.4 Å². The lowest BCUT2D eigenvalue weighted by atomic mass is 10.1. The monoisotopic (exact) mass is 573 g/mol. The molecule has 2 N–H and O–H groups in total. The molecule has 0 atom stereocenters. The van der Waals surface area contributed by atoms with Gasteiger partial charge >= 0.3 is 0 Å². The Morgan fingerprint density at radius 1 is 1.03 bits per heavy atom. The normalized spacial score (nSPS) is 11.2. The van der Waals surface area contributed by atoms with Crippen molar-refractivity contribution in [1.29, 1.82) is 0 Å². The van der Waals surface area contributed by atoms with Gasteiger partial charge in [-0.2, -0.15) is 5.10 Å². The molecular formula is C25H29FIN7. The van der Waals surface area contributed by atoms with Crippen LogP contribution in [-0.2, 0) is 19.6 Å². The van der Waals surface area contributed by atoms with Crippen LogP contribution in [0, 0.1) is 12.7 Å². The van der Waals surface area contributed by atoms with E-state index in [9.17, 15) is 4.39 Å². The van der Waals surface area contributed by atoms with Gasteiger partial charge in [0.1, 0.15) is 11.6 Å². The van der Waals surface area contributed by atoms with Crippen LogP contribution in [0.25, 0.3) is 5.69 Å². The summed E-state index contributed by atoms with van der Waals surface area (Å²) in [5, 5.41) is 10.9. The van der Waals surface area contributed by atoms with E-state index in [4.69, 9.17) is 0 Å². The highest BCUT2D eigenvalue weighted by Crippen LogP contribution is 2.17. The van der Waals surface area contributed by atoms with Crippen LogP contribution in [-0.4, -0.2) is 31.8 Å². The molecule has 0 aliphatic carbocycles. The van der Waals surface area contributed by atoms with Crippen molar-refractivity contribution >= 4 is 29.9 Å². The Labute approximate surface area is 216 Å². The first-order chi connectivity index (χ1) is 16.1. The van der Waals surface area contributed by atoms with Crippen molar-refractivity contribution in [3.8, 4) is 5.69 Å². The molecule has 4 rings (SSSR count). The summed E-state index contributed by atoms with van der Waals surface area (Å²) in [5.74, 6) is 1.13. The molecule has 0 unspecified atom stereocenters. The van der Waals surface area contributed by atoms with Crippen molar-refractivity contribution in [3.05, 3.63) is 102 Å². The third-order valence-corrected chi connectivity index (χ3v) is 5.32. The number of hydrogen-bond donors (Lipinski definition) is 2. The van der Waals surface area contributed by atoms with Gasteiger partial charge < -0.3 is 15.2 Å². The summed E-state index contributed by atoms with van der Waals surface area (Å²) in [6.45, 7) is 6.29. The molecule has 0 radical (unpaired) electrons. The molecule has 0 amide bonds. The zero-order valence-electron chi connectivity index (χ0n) is 19.3. The second-order valence-electron chi connectivity index (χ2n) is 7.65. The summed E-state index contributed by atoms with van der Waals surface area (Å²) in [6, 6.07) is 15.4. The molecule has 0 aliphatic rings. The number of aryl methyl sites for hydroxylation is 1. The second-order valence-corrected chi connectivity index (χ2v) is 7.65. The van der Waals surface area contributed by atoms with E-state index < -0.39 is 0 Å². The molecule has 2 aromatic heterocycles. The van der Waals surface area contributed by atoms with Crippen molar-refractivity contribution in [2.75, 3.05) is 6.54 Å². The van der Waals surface area contributed by atoms with E-state index >= 15 is 0 Å². The van der Waals surface area contributed by atoms with E-state index in [1.54, 1.807) is 29.2 Å². The molecule has 0 bridgehead atoms. The van der Waals surface area contributed by atoms with Crippen LogP contribution < -0.4 is 10.6 Å². The third-order valence-electron chi connectivity index (χ3n) is 5.32. The molecule has 4 aromatic rings. The van der Waals surface area contributed by atoms with Gasteiger partial charge in [0.2, 0.25) is 0 Å². The summed E-state index contributed by atoms with van der Waals surface area (Å²) < 4.78 is 18.3. The van der Waals surface area contributed by atoms with Gasteiger partial charge in [-0.15, -0.1) is 24.0 Å². The lowest BCUT2D eigenvalue weighted by Gasteiger charge is -2.14. The Morgan fingerprint density at radius 3 is 2.53 bits per heavy atom. The molecular weight excluding hydrogens is 544 g/mol. The molecule has 178 valence electrons. The fraction of sp³-hybridized carbons (Fsp3) is 0.240. The second kappa shape index (κ2) is 12.3. The van der Waals surface area contributed by atoms with Crippen molar-refractivity contribution in [3.63, 3.8) is 0 Å². The molecule has 9 heteroatoms. The number of benzene rings is 2. The first-order valence-corrected chi connectivity index (χ1v) is 11.0. The Balaban J connectivity index is 0.00000324. The van der Waals surface area contributed by atoms with Crippen LogP contribution in [0.3, 0.4) is 0 Å². The van der Waals surface area contributed by atoms with Crippen LogP contribution >= 0.6 is 24.0 Å². The largest absolute Gasteiger partial charge is 0.357 e. The molecule has 2 heterocycles. The number of nitrogens with one attached hydrogen (secondary N) is 2. The zero-order chi connectivity index (χ0) is 23.0. The van der Waals surface area contributed by atoms with Crippen molar-refractivity contribution < 1.29 is 4.39 Å². The van der Waals surface area contributed by atoms with E-state index in [2.05, 4.69) is 37.8 Å². The highest BCUT2D eigenvalue weighted by Gasteiger charge is 2.09. The average molecular weight is 573 g/mol. The lowest BCUT2D eigenvalue weighted by molar-refractivity contribution is 0.614. The maximum atomic E-state index is 14.7. The fourth-order valence-electron chi connectivity index (χ4n) is 3.62. The van der Waals surface area contributed by atoms with E-state index in [1.807, 2.05) is 49.0 Å². The smallest absolute Gasteiger partial charge is 0.191 e. The Bertz CT molecular complexity index is 1220. The van der Waals surface area contributed by atoms with E-state index in [0.717, 1.165) is 17.9 Å². The molecule has 0 saturated carbocycles. The zero-order valence-corrected chi connectivity index (χ0v) is 21.6. The minimum atomic E-state index is -0.297. The van der Waals surface area contributed by atoms with Crippen LogP contribution in [0.2, 0.25) is 0 Å². The van der Waals surface area contributed by atoms with Crippen LogP contribution in [0.1, 0.15) is 29.4 Å². The maximum Gasteiger partial charge on any atom is 0.191 e. The summed E-state index contributed by atoms with van der Waals surface area (Å²) in [6.07, 6.45) is 7.15. The number of halogens is 2. The molecule has 0 saturated heterocycles. The standard InChI is InChI=1S/C25H28FN7.HI/c1-3-27-25(30-17-21-7-4-5-8-22(21)18-32-13-6-11-31-32)29-16-20-9-10-24(23(26)15-20)33-14-12-28-19(33)2;/h4-15H,3,16-18H2,1-2H3,(H2,27,29,30);1H. The number of nitrogens with zero attached hydrogens (tertiary/aromatic N) is 5. The first kappa shape index (κ1) is 25.4.